The summed E-state index contributed by atoms with van der Waals surface area (Å²) in [7, 11) is 0. The number of aliphatic imine (C=N–C) groups is 1. The third-order valence-corrected chi connectivity index (χ3v) is 6.04. The average Bonchev–Trinajstić information content (AvgIpc) is 3.33. The lowest BCUT2D eigenvalue weighted by Gasteiger charge is -2.36. The summed E-state index contributed by atoms with van der Waals surface area (Å²) in [4.78, 5) is 10.9. The van der Waals surface area contributed by atoms with Gasteiger partial charge in [0.1, 0.15) is 12.2 Å². The molecular weight excluding hydrogens is 533 g/mol. The molecule has 0 atom stereocenters. The van der Waals surface area contributed by atoms with Gasteiger partial charge in [0.15, 0.2) is 5.96 Å². The summed E-state index contributed by atoms with van der Waals surface area (Å²) < 4.78 is 2.95. The second-order valence-electron chi connectivity index (χ2n) is 7.29. The maximum atomic E-state index is 6.06. The van der Waals surface area contributed by atoms with Crippen LogP contribution in [0.15, 0.2) is 35.6 Å². The van der Waals surface area contributed by atoms with Crippen molar-refractivity contribution in [1.82, 2.24) is 29.9 Å². The van der Waals surface area contributed by atoms with E-state index in [9.17, 15) is 0 Å². The summed E-state index contributed by atoms with van der Waals surface area (Å²) in [5.74, 6) is 1.97. The Balaban J connectivity index is 0.00000320. The van der Waals surface area contributed by atoms with Crippen molar-refractivity contribution >= 4 is 52.9 Å². The first-order chi connectivity index (χ1) is 14.0. The third kappa shape index (κ3) is 7.51. The van der Waals surface area contributed by atoms with Gasteiger partial charge in [-0.1, -0.05) is 30.7 Å². The fourth-order valence-electron chi connectivity index (χ4n) is 3.28. The van der Waals surface area contributed by atoms with Crippen LogP contribution in [0.4, 0.5) is 0 Å². The van der Waals surface area contributed by atoms with Crippen LogP contribution in [0, 0.1) is 0 Å². The monoisotopic (exact) mass is 563 g/mol. The topological polar surface area (TPSA) is 61.6 Å². The maximum Gasteiger partial charge on any atom is 0.194 e. The van der Waals surface area contributed by atoms with E-state index in [0.717, 1.165) is 73.9 Å². The molecule has 1 saturated heterocycles. The predicted octanol–water partition coefficient (Wildman–Crippen LogP) is 3.51. The average molecular weight is 564 g/mol. The molecule has 0 radical (unpaired) electrons. The number of hydrogen-bond acceptors (Lipinski definition) is 5. The summed E-state index contributed by atoms with van der Waals surface area (Å²) in [5, 5.41) is 11.7. The number of nitrogens with zero attached hydrogens (tertiary/aromatic N) is 6. The fraction of sp³-hybridized carbons (Fsp3) is 0.550. The molecule has 2 aromatic heterocycles. The number of halogens is 2. The molecule has 1 aliphatic heterocycles. The number of piperazine rings is 1. The standard InChI is InChI=1S/C20H30ClN7S.HI/c1-4-19-25-24-15-28(19)8-7-22-20(23-13-16(2)3)27-11-9-26(10-12-27)14-17-5-6-18(21)29-17;/h5-6,15H,2,4,7-14H2,1,3H3,(H,22,23);1H. The summed E-state index contributed by atoms with van der Waals surface area (Å²) >= 11 is 7.72. The molecule has 166 valence electrons. The Morgan fingerprint density at radius 2 is 2.07 bits per heavy atom. The molecule has 0 bridgehead atoms. The maximum absolute atomic E-state index is 6.06. The minimum absolute atomic E-state index is 0. The molecule has 0 unspecified atom stereocenters. The zero-order valence-electron chi connectivity index (χ0n) is 17.7. The number of hydrogen-bond donors (Lipinski definition) is 1. The van der Waals surface area contributed by atoms with E-state index in [1.165, 1.54) is 4.88 Å². The van der Waals surface area contributed by atoms with Crippen molar-refractivity contribution in [3.8, 4) is 0 Å². The zero-order valence-corrected chi connectivity index (χ0v) is 21.6. The lowest BCUT2D eigenvalue weighted by atomic mass is 10.3. The van der Waals surface area contributed by atoms with Crippen LogP contribution >= 0.6 is 46.9 Å². The van der Waals surface area contributed by atoms with Gasteiger partial charge in [0.25, 0.3) is 0 Å². The molecular formula is C20H31ClIN7S. The highest BCUT2D eigenvalue weighted by Crippen LogP contribution is 2.23. The molecule has 0 aromatic carbocycles. The van der Waals surface area contributed by atoms with Crippen molar-refractivity contribution in [2.45, 2.75) is 33.4 Å². The third-order valence-electron chi connectivity index (χ3n) is 4.83. The zero-order chi connectivity index (χ0) is 20.6. The first kappa shape index (κ1) is 25.1. The molecule has 1 N–H and O–H groups in total. The Labute approximate surface area is 205 Å². The number of aromatic nitrogens is 3. The summed E-state index contributed by atoms with van der Waals surface area (Å²) in [6, 6.07) is 4.10. The van der Waals surface area contributed by atoms with E-state index in [2.05, 4.69) is 49.5 Å². The molecule has 30 heavy (non-hydrogen) atoms. The van der Waals surface area contributed by atoms with Crippen LogP contribution in [0.1, 0.15) is 24.5 Å². The number of thiophene rings is 1. The van der Waals surface area contributed by atoms with Gasteiger partial charge in [-0.25, -0.2) is 4.99 Å². The van der Waals surface area contributed by atoms with E-state index in [-0.39, 0.29) is 24.0 Å². The van der Waals surface area contributed by atoms with E-state index in [4.69, 9.17) is 16.6 Å². The van der Waals surface area contributed by atoms with Crippen LogP contribution in [0.5, 0.6) is 0 Å². The van der Waals surface area contributed by atoms with Crippen LogP contribution < -0.4 is 5.32 Å². The highest BCUT2D eigenvalue weighted by atomic mass is 127. The van der Waals surface area contributed by atoms with Gasteiger partial charge < -0.3 is 14.8 Å². The summed E-state index contributed by atoms with van der Waals surface area (Å²) in [6.07, 6.45) is 2.68. The predicted molar refractivity (Wildman–Crippen MR) is 136 cm³/mol. The second kappa shape index (κ2) is 12.6. The van der Waals surface area contributed by atoms with Crippen LogP contribution in [0.2, 0.25) is 4.34 Å². The molecule has 0 amide bonds. The Bertz CT molecular complexity index is 827. The van der Waals surface area contributed by atoms with Crippen LogP contribution in [-0.2, 0) is 19.5 Å². The van der Waals surface area contributed by atoms with E-state index >= 15 is 0 Å². The Morgan fingerprint density at radius 1 is 1.30 bits per heavy atom. The first-order valence-electron chi connectivity index (χ1n) is 10.1. The van der Waals surface area contributed by atoms with Crippen LogP contribution in [0.25, 0.3) is 0 Å². The Hall–Kier alpha value is -1.17. The van der Waals surface area contributed by atoms with Gasteiger partial charge in [-0.2, -0.15) is 0 Å². The van der Waals surface area contributed by atoms with E-state index in [1.807, 2.05) is 13.0 Å². The van der Waals surface area contributed by atoms with E-state index in [1.54, 1.807) is 17.7 Å². The molecule has 2 aromatic rings. The largest absolute Gasteiger partial charge is 0.354 e. The molecule has 10 heteroatoms. The van der Waals surface area contributed by atoms with Gasteiger partial charge in [0, 0.05) is 57.1 Å². The highest BCUT2D eigenvalue weighted by molar-refractivity contribution is 14.0. The SMILES string of the molecule is C=C(C)CN=C(NCCn1cnnc1CC)N1CCN(Cc2ccc(Cl)s2)CC1.I. The highest BCUT2D eigenvalue weighted by Gasteiger charge is 2.20. The molecule has 0 saturated carbocycles. The quantitative estimate of drug-likeness (QED) is 0.231. The van der Waals surface area contributed by atoms with Gasteiger partial charge in [0.2, 0.25) is 0 Å². The number of nitrogens with one attached hydrogen (secondary N) is 1. The normalized spacial score (nSPS) is 15.2. The number of aryl methyl sites for hydroxylation is 1. The van der Waals surface area contributed by atoms with Crippen molar-refractivity contribution < 1.29 is 0 Å². The Morgan fingerprint density at radius 3 is 2.70 bits per heavy atom. The minimum Gasteiger partial charge on any atom is -0.354 e. The van der Waals surface area contributed by atoms with Gasteiger partial charge in [-0.05, 0) is 19.1 Å². The molecule has 3 rings (SSSR count). The first-order valence-corrected chi connectivity index (χ1v) is 11.3. The van der Waals surface area contributed by atoms with Gasteiger partial charge in [-0.15, -0.1) is 45.5 Å². The van der Waals surface area contributed by atoms with Crippen molar-refractivity contribution in [2.24, 2.45) is 4.99 Å². The van der Waals surface area contributed by atoms with Crippen molar-refractivity contribution in [3.63, 3.8) is 0 Å². The van der Waals surface area contributed by atoms with Crippen LogP contribution in [-0.4, -0.2) is 69.8 Å². The fourth-order valence-corrected chi connectivity index (χ4v) is 4.41. The molecule has 1 aliphatic rings. The van der Waals surface area contributed by atoms with Gasteiger partial charge in [-0.3, -0.25) is 4.90 Å². The Kier molecular flexibility index (Phi) is 10.6. The van der Waals surface area contributed by atoms with E-state index in [0.29, 0.717) is 6.54 Å². The van der Waals surface area contributed by atoms with E-state index < -0.39 is 0 Å². The lowest BCUT2D eigenvalue weighted by Crippen LogP contribution is -2.52. The molecule has 1 fully saturated rings. The number of guanidine groups is 1. The molecule has 0 aliphatic carbocycles. The smallest absolute Gasteiger partial charge is 0.194 e. The minimum atomic E-state index is 0. The molecule has 0 spiro atoms. The second-order valence-corrected chi connectivity index (χ2v) is 9.09. The molecule has 7 nitrogen and oxygen atoms in total. The van der Waals surface area contributed by atoms with Crippen molar-refractivity contribution in [1.29, 1.82) is 0 Å². The summed E-state index contributed by atoms with van der Waals surface area (Å²) in [6.45, 7) is 15.2. The van der Waals surface area contributed by atoms with Gasteiger partial charge >= 0.3 is 0 Å². The van der Waals surface area contributed by atoms with Gasteiger partial charge in [0.05, 0.1) is 10.9 Å². The lowest BCUT2D eigenvalue weighted by molar-refractivity contribution is 0.173. The summed E-state index contributed by atoms with van der Waals surface area (Å²) in [5.41, 5.74) is 1.06. The van der Waals surface area contributed by atoms with Crippen LogP contribution in [0.3, 0.4) is 0 Å². The van der Waals surface area contributed by atoms with Crippen molar-refractivity contribution in [3.05, 3.63) is 45.6 Å². The number of rotatable bonds is 8. The molecule has 3 heterocycles. The van der Waals surface area contributed by atoms with Crippen molar-refractivity contribution in [2.75, 3.05) is 39.3 Å².